The van der Waals surface area contributed by atoms with E-state index in [0.29, 0.717) is 17.5 Å². The quantitative estimate of drug-likeness (QED) is 0.757. The molecule has 5 N–H and O–H groups in total. The van der Waals surface area contributed by atoms with E-state index in [2.05, 4.69) is 5.32 Å². The van der Waals surface area contributed by atoms with Gasteiger partial charge in [0.1, 0.15) is 10.8 Å². The Morgan fingerprint density at radius 1 is 1.26 bits per heavy atom. The van der Waals surface area contributed by atoms with Crippen molar-refractivity contribution in [3.8, 4) is 16.2 Å². The van der Waals surface area contributed by atoms with Crippen molar-refractivity contribution in [2.75, 3.05) is 11.9 Å². The molecule has 1 aromatic heterocycles. The van der Waals surface area contributed by atoms with Crippen molar-refractivity contribution < 1.29 is 14.3 Å². The largest absolute Gasteiger partial charge is 0.493 e. The van der Waals surface area contributed by atoms with E-state index >= 15 is 0 Å². The Balaban J connectivity index is 1.94. The first kappa shape index (κ1) is 15.4. The minimum atomic E-state index is -0.737. The molecule has 1 aliphatic carbocycles. The average Bonchev–Trinajstić information content (AvgIpc) is 3.24. The van der Waals surface area contributed by atoms with Crippen LogP contribution in [0.3, 0.4) is 0 Å². The van der Waals surface area contributed by atoms with Crippen LogP contribution in [0.2, 0.25) is 0 Å². The summed E-state index contributed by atoms with van der Waals surface area (Å²) in [7, 11) is 0. The second-order valence-corrected chi connectivity index (χ2v) is 6.51. The van der Waals surface area contributed by atoms with Crippen LogP contribution in [0.5, 0.6) is 5.75 Å². The van der Waals surface area contributed by atoms with E-state index in [4.69, 9.17) is 16.2 Å². The maximum atomic E-state index is 11.6. The zero-order chi connectivity index (χ0) is 16.4. The number of thiophene rings is 1. The Morgan fingerprint density at radius 3 is 2.65 bits per heavy atom. The molecule has 0 saturated heterocycles. The minimum Gasteiger partial charge on any atom is -0.493 e. The van der Waals surface area contributed by atoms with Crippen molar-refractivity contribution in [1.29, 1.82) is 0 Å². The fourth-order valence-corrected chi connectivity index (χ4v) is 3.30. The number of hydrogen-bond acceptors (Lipinski definition) is 4. The molecule has 1 aromatic carbocycles. The molecule has 23 heavy (non-hydrogen) atoms. The van der Waals surface area contributed by atoms with E-state index in [1.54, 1.807) is 6.07 Å². The van der Waals surface area contributed by atoms with Crippen LogP contribution in [0.1, 0.15) is 23.2 Å². The molecule has 3 amide bonds. The lowest BCUT2D eigenvalue weighted by Gasteiger charge is -2.09. The number of benzene rings is 1. The molecule has 0 unspecified atom stereocenters. The van der Waals surface area contributed by atoms with Gasteiger partial charge >= 0.3 is 6.03 Å². The molecule has 2 aromatic rings. The summed E-state index contributed by atoms with van der Waals surface area (Å²) in [6.07, 6.45) is 2.42. The topological polar surface area (TPSA) is 107 Å². The van der Waals surface area contributed by atoms with Gasteiger partial charge in [-0.05, 0) is 37.0 Å². The fraction of sp³-hybridized carbons (Fsp3) is 0.250. The molecular weight excluding hydrogens is 314 g/mol. The van der Waals surface area contributed by atoms with Crippen molar-refractivity contribution in [1.82, 2.24) is 0 Å². The van der Waals surface area contributed by atoms with Crippen molar-refractivity contribution >= 4 is 28.3 Å². The van der Waals surface area contributed by atoms with Gasteiger partial charge < -0.3 is 16.2 Å². The van der Waals surface area contributed by atoms with Gasteiger partial charge in [-0.1, -0.05) is 12.1 Å². The predicted molar refractivity (Wildman–Crippen MR) is 89.7 cm³/mol. The van der Waals surface area contributed by atoms with Gasteiger partial charge in [0.15, 0.2) is 0 Å². The molecule has 1 fully saturated rings. The standard InChI is InChI=1S/C16H17N3O3S/c17-14(20)11-7-13(23-15(11)19-16(18)21)10-3-1-2-4-12(10)22-8-9-5-6-9/h1-4,7,9H,5-6,8H2,(H2,17,20)(H3,18,19,21). The van der Waals surface area contributed by atoms with Gasteiger partial charge in [0.05, 0.1) is 12.2 Å². The normalized spacial score (nSPS) is 13.6. The third kappa shape index (κ3) is 3.62. The molecule has 6 nitrogen and oxygen atoms in total. The molecule has 1 heterocycles. The number of urea groups is 1. The van der Waals surface area contributed by atoms with Gasteiger partial charge in [-0.3, -0.25) is 10.1 Å². The highest BCUT2D eigenvalue weighted by Crippen LogP contribution is 2.40. The van der Waals surface area contributed by atoms with Crippen LogP contribution in [-0.4, -0.2) is 18.5 Å². The molecule has 7 heteroatoms. The van der Waals surface area contributed by atoms with Crippen molar-refractivity contribution in [3.05, 3.63) is 35.9 Å². The third-order valence-electron chi connectivity index (χ3n) is 3.56. The van der Waals surface area contributed by atoms with Crippen LogP contribution in [0.15, 0.2) is 30.3 Å². The van der Waals surface area contributed by atoms with Gasteiger partial charge in [-0.15, -0.1) is 11.3 Å². The molecule has 1 aliphatic rings. The summed E-state index contributed by atoms with van der Waals surface area (Å²) in [5, 5.41) is 2.78. The van der Waals surface area contributed by atoms with Gasteiger partial charge in [0, 0.05) is 10.4 Å². The number of carbonyl (C=O) groups excluding carboxylic acids is 2. The number of carbonyl (C=O) groups is 2. The van der Waals surface area contributed by atoms with Crippen molar-refractivity contribution in [3.63, 3.8) is 0 Å². The van der Waals surface area contributed by atoms with Crippen LogP contribution in [0.4, 0.5) is 9.80 Å². The van der Waals surface area contributed by atoms with E-state index in [9.17, 15) is 9.59 Å². The molecule has 0 aliphatic heterocycles. The lowest BCUT2D eigenvalue weighted by Crippen LogP contribution is -2.21. The highest BCUT2D eigenvalue weighted by molar-refractivity contribution is 7.20. The van der Waals surface area contributed by atoms with E-state index < -0.39 is 11.9 Å². The second kappa shape index (κ2) is 6.29. The summed E-state index contributed by atoms with van der Waals surface area (Å²) in [4.78, 5) is 23.4. The summed E-state index contributed by atoms with van der Waals surface area (Å²) in [5.41, 5.74) is 11.6. The number of nitrogens with two attached hydrogens (primary N) is 2. The number of para-hydroxylation sites is 1. The Kier molecular flexibility index (Phi) is 4.20. The zero-order valence-electron chi connectivity index (χ0n) is 12.4. The first-order valence-corrected chi connectivity index (χ1v) is 8.08. The highest BCUT2D eigenvalue weighted by Gasteiger charge is 2.23. The molecule has 0 radical (unpaired) electrons. The molecule has 3 rings (SSSR count). The SMILES string of the molecule is NC(=O)Nc1sc(-c2ccccc2OCC2CC2)cc1C(N)=O. The number of amides is 3. The molecule has 0 spiro atoms. The number of nitrogens with one attached hydrogen (secondary N) is 1. The van der Waals surface area contributed by atoms with E-state index in [1.165, 1.54) is 24.2 Å². The Bertz CT molecular complexity index is 753. The Labute approximate surface area is 137 Å². The van der Waals surface area contributed by atoms with Gasteiger partial charge in [-0.2, -0.15) is 0 Å². The van der Waals surface area contributed by atoms with Crippen LogP contribution >= 0.6 is 11.3 Å². The number of anilines is 1. The van der Waals surface area contributed by atoms with Crippen LogP contribution in [-0.2, 0) is 0 Å². The van der Waals surface area contributed by atoms with Crippen molar-refractivity contribution in [2.45, 2.75) is 12.8 Å². The van der Waals surface area contributed by atoms with E-state index in [0.717, 1.165) is 16.2 Å². The molecule has 120 valence electrons. The van der Waals surface area contributed by atoms with Gasteiger partial charge in [-0.25, -0.2) is 4.79 Å². The molecule has 0 bridgehead atoms. The summed E-state index contributed by atoms with van der Waals surface area (Å²) in [5.74, 6) is 0.773. The predicted octanol–water partition coefficient (Wildman–Crippen LogP) is 2.79. The first-order chi connectivity index (χ1) is 11.0. The average molecular weight is 331 g/mol. The maximum Gasteiger partial charge on any atom is 0.317 e. The Hall–Kier alpha value is -2.54. The summed E-state index contributed by atoms with van der Waals surface area (Å²) in [6.45, 7) is 0.692. The van der Waals surface area contributed by atoms with Crippen LogP contribution in [0.25, 0.3) is 10.4 Å². The summed E-state index contributed by atoms with van der Waals surface area (Å²) < 4.78 is 5.88. The minimum absolute atomic E-state index is 0.237. The van der Waals surface area contributed by atoms with Crippen molar-refractivity contribution in [2.24, 2.45) is 17.4 Å². The second-order valence-electron chi connectivity index (χ2n) is 5.46. The fourth-order valence-electron chi connectivity index (χ4n) is 2.20. The zero-order valence-corrected chi connectivity index (χ0v) is 13.2. The highest BCUT2D eigenvalue weighted by atomic mass is 32.1. The first-order valence-electron chi connectivity index (χ1n) is 7.27. The lowest BCUT2D eigenvalue weighted by atomic mass is 10.1. The molecule has 0 atom stereocenters. The van der Waals surface area contributed by atoms with Crippen LogP contribution < -0.4 is 21.5 Å². The maximum absolute atomic E-state index is 11.6. The monoisotopic (exact) mass is 331 g/mol. The lowest BCUT2D eigenvalue weighted by molar-refractivity contribution is 0.100. The number of primary amides is 2. The van der Waals surface area contributed by atoms with E-state index in [-0.39, 0.29) is 5.56 Å². The van der Waals surface area contributed by atoms with E-state index in [1.807, 2.05) is 24.3 Å². The third-order valence-corrected chi connectivity index (χ3v) is 4.64. The van der Waals surface area contributed by atoms with Crippen LogP contribution in [0, 0.1) is 5.92 Å². The summed E-state index contributed by atoms with van der Waals surface area (Å²) in [6, 6.07) is 8.51. The molecular formula is C16H17N3O3S. The smallest absolute Gasteiger partial charge is 0.317 e. The summed E-state index contributed by atoms with van der Waals surface area (Å²) >= 11 is 1.24. The molecule has 1 saturated carbocycles. The van der Waals surface area contributed by atoms with Gasteiger partial charge in [0.2, 0.25) is 0 Å². The number of ether oxygens (including phenoxy) is 1. The Morgan fingerprint density at radius 2 is 2.00 bits per heavy atom. The number of rotatable bonds is 6. The number of hydrogen-bond donors (Lipinski definition) is 3. The van der Waals surface area contributed by atoms with Gasteiger partial charge in [0.25, 0.3) is 5.91 Å².